The molecule has 132 valence electrons. The molecular formula is C18H16F3NO3. The maximum Gasteiger partial charge on any atom is 0.387 e. The van der Waals surface area contributed by atoms with Gasteiger partial charge in [0.15, 0.2) is 11.5 Å². The maximum absolute atomic E-state index is 13.6. The molecule has 1 N–H and O–H groups in total. The zero-order chi connectivity index (χ0) is 18.4. The van der Waals surface area contributed by atoms with Gasteiger partial charge in [0.25, 0.3) is 0 Å². The molecule has 0 heterocycles. The van der Waals surface area contributed by atoms with Gasteiger partial charge in [-0.1, -0.05) is 12.1 Å². The van der Waals surface area contributed by atoms with Crippen molar-refractivity contribution in [1.29, 1.82) is 0 Å². The van der Waals surface area contributed by atoms with E-state index in [9.17, 15) is 18.0 Å². The van der Waals surface area contributed by atoms with Gasteiger partial charge < -0.3 is 14.8 Å². The molecule has 0 fully saturated rings. The van der Waals surface area contributed by atoms with E-state index in [1.165, 1.54) is 49.6 Å². The monoisotopic (exact) mass is 351 g/mol. The van der Waals surface area contributed by atoms with Crippen LogP contribution in [0.3, 0.4) is 0 Å². The lowest BCUT2D eigenvalue weighted by atomic mass is 10.2. The van der Waals surface area contributed by atoms with Crippen LogP contribution in [0.4, 0.5) is 18.9 Å². The first-order valence-electron chi connectivity index (χ1n) is 7.27. The minimum Gasteiger partial charge on any atom is -0.493 e. The number of carbonyl (C=O) groups is 1. The number of halogens is 3. The van der Waals surface area contributed by atoms with E-state index in [1.807, 2.05) is 0 Å². The van der Waals surface area contributed by atoms with Crippen LogP contribution < -0.4 is 14.8 Å². The summed E-state index contributed by atoms with van der Waals surface area (Å²) in [5.41, 5.74) is 1.41. The average molecular weight is 351 g/mol. The minimum atomic E-state index is -2.97. The molecule has 0 saturated carbocycles. The molecule has 0 saturated heterocycles. The summed E-state index contributed by atoms with van der Waals surface area (Å²) in [5, 5.41) is 2.43. The van der Waals surface area contributed by atoms with Crippen LogP contribution in [0, 0.1) is 12.7 Å². The summed E-state index contributed by atoms with van der Waals surface area (Å²) in [7, 11) is 1.31. The Morgan fingerprint density at radius 1 is 1.16 bits per heavy atom. The summed E-state index contributed by atoms with van der Waals surface area (Å²) in [6.07, 6.45) is 2.64. The number of anilines is 1. The molecule has 0 spiro atoms. The van der Waals surface area contributed by atoms with E-state index in [1.54, 1.807) is 13.0 Å². The first-order chi connectivity index (χ1) is 11.9. The highest BCUT2D eigenvalue weighted by Crippen LogP contribution is 2.29. The lowest BCUT2D eigenvalue weighted by molar-refractivity contribution is -0.111. The number of ether oxygens (including phenoxy) is 2. The molecule has 7 heteroatoms. The molecule has 0 radical (unpaired) electrons. The number of nitrogens with one attached hydrogen (secondary N) is 1. The van der Waals surface area contributed by atoms with Gasteiger partial charge >= 0.3 is 6.61 Å². The first kappa shape index (κ1) is 18.4. The van der Waals surface area contributed by atoms with Crippen molar-refractivity contribution in [2.24, 2.45) is 0 Å². The molecule has 4 nitrogen and oxygen atoms in total. The Labute approximate surface area is 142 Å². The van der Waals surface area contributed by atoms with Gasteiger partial charge in [-0.05, 0) is 48.4 Å². The van der Waals surface area contributed by atoms with Gasteiger partial charge in [0.05, 0.1) is 12.8 Å². The lowest BCUT2D eigenvalue weighted by Crippen LogP contribution is -2.09. The summed E-state index contributed by atoms with van der Waals surface area (Å²) in [5.74, 6) is -1.08. The number of alkyl halides is 2. The van der Waals surface area contributed by atoms with E-state index in [4.69, 9.17) is 4.74 Å². The van der Waals surface area contributed by atoms with E-state index < -0.39 is 18.3 Å². The number of amides is 1. The minimum absolute atomic E-state index is 0.0768. The molecule has 2 aromatic rings. The number of hydrogen-bond acceptors (Lipinski definition) is 3. The predicted molar refractivity (Wildman–Crippen MR) is 88.4 cm³/mol. The third-order valence-electron chi connectivity index (χ3n) is 3.21. The highest BCUT2D eigenvalue weighted by Gasteiger charge is 2.10. The highest BCUT2D eigenvalue weighted by atomic mass is 19.3. The van der Waals surface area contributed by atoms with Crippen LogP contribution in [-0.2, 0) is 4.79 Å². The average Bonchev–Trinajstić information content (AvgIpc) is 2.56. The zero-order valence-electron chi connectivity index (χ0n) is 13.6. The standard InChI is InChI=1S/C18H16F3NO3/c1-11-3-6-13(19)14(9-11)22-17(23)8-5-12-4-7-15(25-18(20)21)16(10-12)24-2/h3-10,18H,1-2H3,(H,22,23)/b8-5+. The summed E-state index contributed by atoms with van der Waals surface area (Å²) in [6.45, 7) is -1.19. The first-order valence-corrected chi connectivity index (χ1v) is 7.27. The largest absolute Gasteiger partial charge is 0.493 e. The molecule has 0 atom stereocenters. The quantitative estimate of drug-likeness (QED) is 0.785. The third kappa shape index (κ3) is 5.27. The molecule has 0 aliphatic carbocycles. The van der Waals surface area contributed by atoms with Crippen LogP contribution >= 0.6 is 0 Å². The second-order valence-electron chi connectivity index (χ2n) is 5.09. The zero-order valence-corrected chi connectivity index (χ0v) is 13.6. The van der Waals surface area contributed by atoms with Crippen molar-refractivity contribution in [2.45, 2.75) is 13.5 Å². The molecule has 0 aliphatic heterocycles. The number of benzene rings is 2. The predicted octanol–water partition coefficient (Wildman–Crippen LogP) is 4.40. The number of carbonyl (C=O) groups excluding carboxylic acids is 1. The molecule has 2 rings (SSSR count). The molecule has 0 aromatic heterocycles. The Morgan fingerprint density at radius 3 is 2.60 bits per heavy atom. The van der Waals surface area contributed by atoms with Crippen molar-refractivity contribution in [1.82, 2.24) is 0 Å². The van der Waals surface area contributed by atoms with E-state index in [0.29, 0.717) is 5.56 Å². The van der Waals surface area contributed by atoms with Gasteiger partial charge in [0.1, 0.15) is 5.82 Å². The van der Waals surface area contributed by atoms with E-state index in [-0.39, 0.29) is 17.2 Å². The number of rotatable bonds is 6. The van der Waals surface area contributed by atoms with Crippen molar-refractivity contribution in [2.75, 3.05) is 12.4 Å². The highest BCUT2D eigenvalue weighted by molar-refractivity contribution is 6.02. The Balaban J connectivity index is 2.10. The Morgan fingerprint density at radius 2 is 1.92 bits per heavy atom. The molecule has 2 aromatic carbocycles. The summed E-state index contributed by atoms with van der Waals surface area (Å²) >= 11 is 0. The van der Waals surface area contributed by atoms with Gasteiger partial charge in [-0.3, -0.25) is 4.79 Å². The van der Waals surface area contributed by atoms with Crippen molar-refractivity contribution < 1.29 is 27.4 Å². The van der Waals surface area contributed by atoms with Crippen LogP contribution in [-0.4, -0.2) is 19.6 Å². The van der Waals surface area contributed by atoms with Gasteiger partial charge in [-0.15, -0.1) is 0 Å². The molecule has 25 heavy (non-hydrogen) atoms. The lowest BCUT2D eigenvalue weighted by Gasteiger charge is -2.10. The maximum atomic E-state index is 13.6. The summed E-state index contributed by atoms with van der Waals surface area (Å²) in [4.78, 5) is 11.9. The summed E-state index contributed by atoms with van der Waals surface area (Å²) < 4.78 is 47.5. The molecule has 0 aliphatic rings. The van der Waals surface area contributed by atoms with Crippen molar-refractivity contribution in [3.8, 4) is 11.5 Å². The topological polar surface area (TPSA) is 47.6 Å². The van der Waals surface area contributed by atoms with Gasteiger partial charge in [-0.25, -0.2) is 4.39 Å². The fraction of sp³-hybridized carbons (Fsp3) is 0.167. The van der Waals surface area contributed by atoms with E-state index >= 15 is 0 Å². The Kier molecular flexibility index (Phi) is 6.05. The Bertz CT molecular complexity index is 791. The van der Waals surface area contributed by atoms with Gasteiger partial charge in [0.2, 0.25) is 5.91 Å². The van der Waals surface area contributed by atoms with Crippen LogP contribution in [0.25, 0.3) is 6.08 Å². The SMILES string of the molecule is COc1cc(/C=C/C(=O)Nc2cc(C)ccc2F)ccc1OC(F)F. The smallest absolute Gasteiger partial charge is 0.387 e. The van der Waals surface area contributed by atoms with Crippen LogP contribution in [0.2, 0.25) is 0 Å². The van der Waals surface area contributed by atoms with Crippen LogP contribution in [0.1, 0.15) is 11.1 Å². The second kappa shape index (κ2) is 8.23. The second-order valence-corrected chi connectivity index (χ2v) is 5.09. The fourth-order valence-corrected chi connectivity index (χ4v) is 2.06. The molecular weight excluding hydrogens is 335 g/mol. The van der Waals surface area contributed by atoms with E-state index in [2.05, 4.69) is 10.1 Å². The number of methoxy groups -OCH3 is 1. The van der Waals surface area contributed by atoms with Crippen molar-refractivity contribution in [3.63, 3.8) is 0 Å². The van der Waals surface area contributed by atoms with Gasteiger partial charge in [-0.2, -0.15) is 8.78 Å². The summed E-state index contributed by atoms with van der Waals surface area (Å²) in [6, 6.07) is 8.60. The molecule has 0 bridgehead atoms. The molecule has 1 amide bonds. The molecule has 0 unspecified atom stereocenters. The van der Waals surface area contributed by atoms with Crippen LogP contribution in [0.5, 0.6) is 11.5 Å². The van der Waals surface area contributed by atoms with Gasteiger partial charge in [0, 0.05) is 6.08 Å². The fourth-order valence-electron chi connectivity index (χ4n) is 2.06. The van der Waals surface area contributed by atoms with Crippen molar-refractivity contribution >= 4 is 17.7 Å². The third-order valence-corrected chi connectivity index (χ3v) is 3.21. The van der Waals surface area contributed by atoms with Crippen LogP contribution in [0.15, 0.2) is 42.5 Å². The normalized spacial score (nSPS) is 11.0. The number of hydrogen-bond donors (Lipinski definition) is 1. The van der Waals surface area contributed by atoms with Crippen molar-refractivity contribution in [3.05, 3.63) is 59.4 Å². The van der Waals surface area contributed by atoms with E-state index in [0.717, 1.165) is 5.56 Å². The number of aryl methyl sites for hydroxylation is 1. The Hall–Kier alpha value is -2.96.